The maximum atomic E-state index is 13.7. The molecule has 0 saturated carbocycles. The minimum atomic E-state index is -1.10. The van der Waals surface area contributed by atoms with Crippen LogP contribution in [-0.4, -0.2) is 140 Å². The first-order chi connectivity index (χ1) is 41.3. The molecule has 4 aliphatic heterocycles. The molecule has 480 valence electrons. The quantitative estimate of drug-likeness (QED) is 0.0362. The van der Waals surface area contributed by atoms with E-state index in [-0.39, 0.29) is 91.6 Å². The van der Waals surface area contributed by atoms with E-state index in [4.69, 9.17) is 47.4 Å². The topological polar surface area (TPSA) is 215 Å². The molecule has 15 unspecified atom stereocenters. The summed E-state index contributed by atoms with van der Waals surface area (Å²) >= 11 is 0. The molecule has 0 N–H and O–H groups in total. The molecule has 0 aromatic heterocycles. The summed E-state index contributed by atoms with van der Waals surface area (Å²) in [5.41, 5.74) is 0.807. The van der Waals surface area contributed by atoms with Gasteiger partial charge in [-0.25, -0.2) is 9.59 Å². The van der Waals surface area contributed by atoms with E-state index in [0.717, 1.165) is 70.6 Å². The van der Waals surface area contributed by atoms with Gasteiger partial charge in [-0.05, 0) is 88.0 Å². The fourth-order valence-electron chi connectivity index (χ4n) is 12.5. The Balaban J connectivity index is 1.02. The second-order valence-corrected chi connectivity index (χ2v) is 24.6. The van der Waals surface area contributed by atoms with Crippen LogP contribution in [0.4, 0.5) is 0 Å². The van der Waals surface area contributed by atoms with Crippen LogP contribution in [0.2, 0.25) is 0 Å². The Morgan fingerprint density at radius 3 is 1.52 bits per heavy atom. The molecule has 0 radical (unpaired) electrons. The molecule has 17 atom stereocenters. The van der Waals surface area contributed by atoms with Crippen molar-refractivity contribution in [3.63, 3.8) is 0 Å². The van der Waals surface area contributed by atoms with Gasteiger partial charge < -0.3 is 57.1 Å². The number of benzene rings is 2. The van der Waals surface area contributed by atoms with Gasteiger partial charge in [0.25, 0.3) is 0 Å². The smallest absolute Gasteiger partial charge is 0.338 e. The second kappa shape index (κ2) is 35.8. The van der Waals surface area contributed by atoms with Crippen molar-refractivity contribution in [1.82, 2.24) is 4.90 Å². The van der Waals surface area contributed by atoms with Crippen LogP contribution in [-0.2, 0) is 71.3 Å². The van der Waals surface area contributed by atoms with Crippen LogP contribution in [0.3, 0.4) is 0 Å². The first kappa shape index (κ1) is 70.0. The van der Waals surface area contributed by atoms with E-state index in [1.54, 1.807) is 48.5 Å². The lowest BCUT2D eigenvalue weighted by atomic mass is 9.82. The summed E-state index contributed by atoms with van der Waals surface area (Å²) in [5.74, 6) is -2.43. The molecule has 18 nitrogen and oxygen atoms in total. The third-order valence-electron chi connectivity index (χ3n) is 18.2. The number of likely N-dealkylation sites (tertiary alicyclic amines) is 1. The number of carbonyl (C=O) groups is 7. The molecule has 0 bridgehead atoms. The normalized spacial score (nSPS) is 30.1. The lowest BCUT2D eigenvalue weighted by molar-refractivity contribution is -0.349. The van der Waals surface area contributed by atoms with Crippen LogP contribution in [0, 0.1) is 29.6 Å². The first-order valence-electron chi connectivity index (χ1n) is 32.4. The summed E-state index contributed by atoms with van der Waals surface area (Å²) in [4.78, 5) is 91.5. The molecule has 4 heterocycles. The number of esters is 4. The van der Waals surface area contributed by atoms with Crippen molar-refractivity contribution in [3.8, 4) is 0 Å². The molecule has 0 spiro atoms. The molecule has 6 rings (SSSR count). The van der Waals surface area contributed by atoms with E-state index < -0.39 is 79.2 Å². The molecule has 1 amide bonds. The van der Waals surface area contributed by atoms with Gasteiger partial charge in [0.05, 0.1) is 49.0 Å². The average Bonchev–Trinajstić information content (AvgIpc) is 1.29. The molecule has 4 fully saturated rings. The van der Waals surface area contributed by atoms with Crippen molar-refractivity contribution in [1.29, 1.82) is 0 Å². The first-order valence-corrected chi connectivity index (χ1v) is 32.4. The van der Waals surface area contributed by atoms with E-state index in [9.17, 15) is 33.6 Å². The molecule has 2 aromatic carbocycles. The van der Waals surface area contributed by atoms with Gasteiger partial charge in [0, 0.05) is 69.4 Å². The lowest BCUT2D eigenvalue weighted by Crippen LogP contribution is -2.61. The Labute approximate surface area is 511 Å². The standard InChI is InChI=1S/C68H101NO17/c1-11-52-40-54(80-59(74)38-37-43(4)70)41-69(52)58(73)36-28-18-17-27-35-53(72)34-26-16-14-15-19-29-39-77-67-63(79-49(10)71)60(86-68-62(47(8)45(6)56(13-3)82-68)85-65(76)51-32-24-21-25-33-51)48(9)57(83-67)42-78-66-61(46(7)44(5)55(12-2)81-66)84-64(75)50-30-22-20-23-31-50/h20-25,30-33,44-48,52,54-57,60-63,66-68H,11-19,26-29,34-42H2,1-10H3/t44?,45?,46?,47?,48?,52-,54-,55?,56?,57?,60?,61?,62?,63?,66?,67?,68?/m1/s1. The molecular weight excluding hydrogens is 1100 g/mol. The number of rotatable bonds is 34. The van der Waals surface area contributed by atoms with Gasteiger partial charge in [0.15, 0.2) is 37.2 Å². The van der Waals surface area contributed by atoms with Crippen LogP contribution < -0.4 is 0 Å². The van der Waals surface area contributed by atoms with Gasteiger partial charge in [0.1, 0.15) is 23.8 Å². The van der Waals surface area contributed by atoms with Gasteiger partial charge in [-0.1, -0.05) is 130 Å². The van der Waals surface area contributed by atoms with Gasteiger partial charge in [-0.15, -0.1) is 0 Å². The Bertz CT molecular complexity index is 2420. The zero-order valence-corrected chi connectivity index (χ0v) is 53.0. The SMILES string of the molecule is CCC1OC(OCC2OC(OCCCCCCCCC(=O)CCCCCCC(=O)N3C[C@H](OC(=O)CCC(C)=O)C[C@H]3CC)C(OC(C)=O)C(OC3OC(CC)C(C)C(C)C3OC(=O)c3ccccc3)C2C)C(OC(=O)c2ccccc2)C(C)C1C. The van der Waals surface area contributed by atoms with Crippen LogP contribution in [0.5, 0.6) is 0 Å². The largest absolute Gasteiger partial charge is 0.460 e. The van der Waals surface area contributed by atoms with E-state index in [1.165, 1.54) is 13.8 Å². The fraction of sp³-hybridized carbons (Fsp3) is 0.721. The minimum absolute atomic E-state index is 0.0128. The second-order valence-electron chi connectivity index (χ2n) is 24.6. The maximum absolute atomic E-state index is 13.7. The Morgan fingerprint density at radius 2 is 0.988 bits per heavy atom. The van der Waals surface area contributed by atoms with Crippen molar-refractivity contribution >= 4 is 41.4 Å². The van der Waals surface area contributed by atoms with Crippen LogP contribution in [0.25, 0.3) is 0 Å². The number of carbonyl (C=O) groups excluding carboxylic acids is 7. The highest BCUT2D eigenvalue weighted by molar-refractivity contribution is 5.90. The monoisotopic (exact) mass is 1200 g/mol. The third kappa shape index (κ3) is 20.7. The predicted octanol–water partition coefficient (Wildman–Crippen LogP) is 11.9. The molecule has 2 aromatic rings. The molecule has 4 aliphatic rings. The van der Waals surface area contributed by atoms with Gasteiger partial charge in [-0.3, -0.25) is 19.2 Å². The van der Waals surface area contributed by atoms with Crippen molar-refractivity contribution in [2.75, 3.05) is 19.8 Å². The van der Waals surface area contributed by atoms with Gasteiger partial charge in [0.2, 0.25) is 5.91 Å². The number of hydrogen-bond donors (Lipinski definition) is 0. The molecule has 4 saturated heterocycles. The van der Waals surface area contributed by atoms with E-state index in [1.807, 2.05) is 51.7 Å². The lowest BCUT2D eigenvalue weighted by Gasteiger charge is -2.49. The van der Waals surface area contributed by atoms with Gasteiger partial charge >= 0.3 is 23.9 Å². The van der Waals surface area contributed by atoms with Gasteiger partial charge in [-0.2, -0.15) is 0 Å². The number of hydrogen-bond acceptors (Lipinski definition) is 17. The third-order valence-corrected chi connectivity index (χ3v) is 18.2. The minimum Gasteiger partial charge on any atom is -0.460 e. The zero-order valence-electron chi connectivity index (χ0n) is 53.0. The van der Waals surface area contributed by atoms with E-state index >= 15 is 0 Å². The number of unbranched alkanes of at least 4 members (excludes halogenated alkanes) is 8. The predicted molar refractivity (Wildman–Crippen MR) is 321 cm³/mol. The summed E-state index contributed by atoms with van der Waals surface area (Å²) < 4.78 is 64.5. The fourth-order valence-corrected chi connectivity index (χ4v) is 12.5. The van der Waals surface area contributed by atoms with Crippen molar-refractivity contribution in [2.45, 2.75) is 265 Å². The summed E-state index contributed by atoms with van der Waals surface area (Å²) in [5, 5.41) is 0. The Morgan fingerprint density at radius 1 is 0.488 bits per heavy atom. The number of Topliss-reactive ketones (excluding diaryl/α,β-unsaturated/α-hetero) is 2. The summed E-state index contributed by atoms with van der Waals surface area (Å²) in [6.07, 6.45) is 4.92. The molecule has 0 aliphatic carbocycles. The van der Waals surface area contributed by atoms with Crippen LogP contribution in [0.1, 0.15) is 212 Å². The molecule has 18 heteroatoms. The number of amides is 1. The summed E-state index contributed by atoms with van der Waals surface area (Å²) in [7, 11) is 0. The average molecular weight is 1200 g/mol. The van der Waals surface area contributed by atoms with E-state index in [2.05, 4.69) is 20.8 Å². The Hall–Kier alpha value is -5.11. The summed E-state index contributed by atoms with van der Waals surface area (Å²) in [6, 6.07) is 17.6. The highest BCUT2D eigenvalue weighted by atomic mass is 16.8. The molecular formula is C68H101NO17. The Kier molecular flexibility index (Phi) is 29.1. The zero-order chi connectivity index (χ0) is 62.3. The number of ketones is 2. The number of nitrogens with zero attached hydrogens (tertiary/aromatic N) is 1. The highest BCUT2D eigenvalue weighted by Crippen LogP contribution is 2.41. The van der Waals surface area contributed by atoms with Crippen molar-refractivity contribution < 1.29 is 80.9 Å². The number of ether oxygens (including phenoxy) is 10. The van der Waals surface area contributed by atoms with Crippen LogP contribution >= 0.6 is 0 Å². The van der Waals surface area contributed by atoms with Crippen molar-refractivity contribution in [3.05, 3.63) is 71.8 Å². The molecule has 86 heavy (non-hydrogen) atoms. The highest BCUT2D eigenvalue weighted by Gasteiger charge is 2.53. The maximum Gasteiger partial charge on any atom is 0.338 e. The summed E-state index contributed by atoms with van der Waals surface area (Å²) in [6.45, 7) is 19.7. The van der Waals surface area contributed by atoms with Crippen molar-refractivity contribution in [2.24, 2.45) is 29.6 Å². The van der Waals surface area contributed by atoms with Crippen LogP contribution in [0.15, 0.2) is 60.7 Å². The van der Waals surface area contributed by atoms with E-state index in [0.29, 0.717) is 56.2 Å².